The first-order valence-corrected chi connectivity index (χ1v) is 6.24. The van der Waals surface area contributed by atoms with Crippen LogP contribution < -0.4 is 0 Å². The predicted octanol–water partition coefficient (Wildman–Crippen LogP) is 4.81. The largest absolute Gasteiger partial charge is 0.419 e. The quantitative estimate of drug-likeness (QED) is 0.589. The number of hydrogen-bond donors (Lipinski definition) is 0. The molecule has 0 atom stereocenters. The van der Waals surface area contributed by atoms with E-state index in [1.165, 1.54) is 12.3 Å². The summed E-state index contributed by atoms with van der Waals surface area (Å²) in [5.74, 6) is -1.31. The normalized spacial score (nSPS) is 12.0. The maximum Gasteiger partial charge on any atom is 0.419 e. The van der Waals surface area contributed by atoms with E-state index in [-0.39, 0.29) is 5.56 Å². The summed E-state index contributed by atoms with van der Waals surface area (Å²) in [7, 11) is 0. The zero-order valence-corrected chi connectivity index (χ0v) is 11.1. The van der Waals surface area contributed by atoms with Gasteiger partial charge < -0.3 is 4.40 Å². The first-order chi connectivity index (χ1) is 9.84. The molecule has 108 valence electrons. The second-order valence-electron chi connectivity index (χ2n) is 4.43. The number of halogens is 5. The van der Waals surface area contributed by atoms with Crippen molar-refractivity contribution in [2.45, 2.75) is 6.18 Å². The molecule has 0 aliphatic rings. The molecule has 0 fully saturated rings. The van der Waals surface area contributed by atoms with Crippen LogP contribution in [0.25, 0.3) is 16.9 Å². The molecule has 0 saturated carbocycles. The smallest absolute Gasteiger partial charge is 0.305 e. The fourth-order valence-corrected chi connectivity index (χ4v) is 2.17. The average Bonchev–Trinajstić information content (AvgIpc) is 2.80. The van der Waals surface area contributed by atoms with Crippen molar-refractivity contribution in [2.24, 2.45) is 0 Å². The second-order valence-corrected chi connectivity index (χ2v) is 4.87. The van der Waals surface area contributed by atoms with Gasteiger partial charge in [-0.2, -0.15) is 13.2 Å². The lowest BCUT2D eigenvalue weighted by molar-refractivity contribution is -0.139. The molecule has 0 amide bonds. The van der Waals surface area contributed by atoms with Gasteiger partial charge in [0, 0.05) is 18.0 Å². The van der Waals surface area contributed by atoms with Gasteiger partial charge in [0.25, 0.3) is 0 Å². The fourth-order valence-electron chi connectivity index (χ4n) is 2.01. The van der Waals surface area contributed by atoms with Gasteiger partial charge in [-0.25, -0.2) is 9.37 Å². The van der Waals surface area contributed by atoms with E-state index in [0.717, 1.165) is 12.1 Å². The van der Waals surface area contributed by atoms with Crippen molar-refractivity contribution in [2.75, 3.05) is 0 Å². The molecular formula is C14H7ClF4N2. The number of nitrogens with zero attached hydrogens (tertiary/aromatic N) is 2. The Kier molecular flexibility index (Phi) is 3.13. The Morgan fingerprint density at radius 3 is 2.52 bits per heavy atom. The van der Waals surface area contributed by atoms with Crippen LogP contribution in [-0.2, 0) is 6.18 Å². The average molecular weight is 315 g/mol. The molecule has 3 rings (SSSR count). The topological polar surface area (TPSA) is 17.3 Å². The van der Waals surface area contributed by atoms with E-state index in [2.05, 4.69) is 4.98 Å². The Morgan fingerprint density at radius 2 is 1.81 bits per heavy atom. The Labute approximate surface area is 121 Å². The third-order valence-corrected chi connectivity index (χ3v) is 3.21. The van der Waals surface area contributed by atoms with E-state index >= 15 is 0 Å². The third-order valence-electron chi connectivity index (χ3n) is 2.98. The summed E-state index contributed by atoms with van der Waals surface area (Å²) < 4.78 is 53.0. The van der Waals surface area contributed by atoms with Crippen LogP contribution in [0.2, 0.25) is 5.02 Å². The molecule has 0 aliphatic heterocycles. The number of pyridine rings is 1. The summed E-state index contributed by atoms with van der Waals surface area (Å²) in [4.78, 5) is 4.19. The Morgan fingerprint density at radius 1 is 1.05 bits per heavy atom. The predicted molar refractivity (Wildman–Crippen MR) is 70.6 cm³/mol. The molecule has 0 bridgehead atoms. The lowest BCUT2D eigenvalue weighted by Gasteiger charge is -2.08. The molecule has 0 aliphatic carbocycles. The number of rotatable bonds is 1. The highest BCUT2D eigenvalue weighted by Gasteiger charge is 2.34. The van der Waals surface area contributed by atoms with Gasteiger partial charge in [0.05, 0.1) is 16.3 Å². The lowest BCUT2D eigenvalue weighted by Crippen LogP contribution is -2.08. The van der Waals surface area contributed by atoms with E-state index in [9.17, 15) is 17.6 Å². The zero-order chi connectivity index (χ0) is 15.2. The molecule has 1 aromatic carbocycles. The Hall–Kier alpha value is -2.08. The van der Waals surface area contributed by atoms with Crippen molar-refractivity contribution in [1.82, 2.24) is 9.38 Å². The molecule has 2 nitrogen and oxygen atoms in total. The molecule has 0 N–H and O–H groups in total. The van der Waals surface area contributed by atoms with E-state index in [4.69, 9.17) is 11.6 Å². The van der Waals surface area contributed by atoms with Gasteiger partial charge in [-0.15, -0.1) is 0 Å². The molecule has 2 aromatic heterocycles. The highest BCUT2D eigenvalue weighted by molar-refractivity contribution is 6.30. The molecule has 0 unspecified atom stereocenters. The molecule has 0 saturated heterocycles. The van der Waals surface area contributed by atoms with Crippen molar-refractivity contribution in [1.29, 1.82) is 0 Å². The molecular weight excluding hydrogens is 308 g/mol. The van der Waals surface area contributed by atoms with E-state index in [1.54, 1.807) is 22.7 Å². The van der Waals surface area contributed by atoms with Gasteiger partial charge in [-0.3, -0.25) is 0 Å². The molecule has 7 heteroatoms. The van der Waals surface area contributed by atoms with Crippen LogP contribution in [-0.4, -0.2) is 9.38 Å². The van der Waals surface area contributed by atoms with Crippen LogP contribution in [0.1, 0.15) is 5.56 Å². The van der Waals surface area contributed by atoms with Crippen molar-refractivity contribution >= 4 is 17.2 Å². The van der Waals surface area contributed by atoms with Crippen LogP contribution in [0.5, 0.6) is 0 Å². The minimum Gasteiger partial charge on any atom is -0.305 e. The minimum absolute atomic E-state index is 0.184. The third kappa shape index (κ3) is 2.58. The Bertz CT molecular complexity index is 823. The molecule has 3 aromatic rings. The van der Waals surface area contributed by atoms with Gasteiger partial charge in [-0.1, -0.05) is 11.6 Å². The highest BCUT2D eigenvalue weighted by Crippen LogP contribution is 2.34. The second kappa shape index (κ2) is 4.73. The standard InChI is InChI=1S/C14H7ClF4N2/c15-9-2-4-13-20-12(7-21(13)6-9)8-1-3-11(16)10(5-8)14(17,18)19/h1-7H. The van der Waals surface area contributed by atoms with E-state index in [0.29, 0.717) is 16.4 Å². The summed E-state index contributed by atoms with van der Waals surface area (Å²) in [6.45, 7) is 0. The van der Waals surface area contributed by atoms with E-state index in [1.807, 2.05) is 0 Å². The summed E-state index contributed by atoms with van der Waals surface area (Å²) >= 11 is 5.83. The molecule has 21 heavy (non-hydrogen) atoms. The SMILES string of the molecule is Fc1ccc(-c2cn3cc(Cl)ccc3n2)cc1C(F)(F)F. The summed E-state index contributed by atoms with van der Waals surface area (Å²) in [5, 5.41) is 0.474. The summed E-state index contributed by atoms with van der Waals surface area (Å²) in [6.07, 6.45) is -1.63. The van der Waals surface area contributed by atoms with Gasteiger partial charge >= 0.3 is 6.18 Å². The number of fused-ring (bicyclic) bond motifs is 1. The van der Waals surface area contributed by atoms with Crippen molar-refractivity contribution < 1.29 is 17.6 Å². The van der Waals surface area contributed by atoms with Crippen LogP contribution in [0.3, 0.4) is 0 Å². The van der Waals surface area contributed by atoms with Crippen LogP contribution in [0, 0.1) is 5.82 Å². The number of hydrogen-bond acceptors (Lipinski definition) is 1. The van der Waals surface area contributed by atoms with Crippen molar-refractivity contribution in [3.8, 4) is 11.3 Å². The zero-order valence-electron chi connectivity index (χ0n) is 10.3. The molecule has 0 radical (unpaired) electrons. The number of benzene rings is 1. The molecule has 0 spiro atoms. The van der Waals surface area contributed by atoms with Gasteiger partial charge in [-0.05, 0) is 30.3 Å². The maximum atomic E-state index is 13.3. The van der Waals surface area contributed by atoms with Gasteiger partial charge in [0.1, 0.15) is 11.5 Å². The van der Waals surface area contributed by atoms with Crippen molar-refractivity contribution in [3.05, 3.63) is 59.1 Å². The Balaban J connectivity index is 2.14. The highest BCUT2D eigenvalue weighted by atomic mass is 35.5. The summed E-state index contributed by atoms with van der Waals surface area (Å²) in [6, 6.07) is 6.06. The maximum absolute atomic E-state index is 13.3. The van der Waals surface area contributed by atoms with Crippen molar-refractivity contribution in [3.63, 3.8) is 0 Å². The fraction of sp³-hybridized carbons (Fsp3) is 0.0714. The monoisotopic (exact) mass is 314 g/mol. The summed E-state index contributed by atoms with van der Waals surface area (Å²) in [5.41, 5.74) is -0.284. The minimum atomic E-state index is -4.75. The van der Waals surface area contributed by atoms with Gasteiger partial charge in [0.15, 0.2) is 0 Å². The number of alkyl halides is 3. The number of aromatic nitrogens is 2. The molecule has 2 heterocycles. The van der Waals surface area contributed by atoms with Crippen LogP contribution in [0.4, 0.5) is 17.6 Å². The van der Waals surface area contributed by atoms with Gasteiger partial charge in [0.2, 0.25) is 0 Å². The first-order valence-electron chi connectivity index (χ1n) is 5.86. The van der Waals surface area contributed by atoms with Crippen LogP contribution in [0.15, 0.2) is 42.7 Å². The lowest BCUT2D eigenvalue weighted by atomic mass is 10.1. The van der Waals surface area contributed by atoms with E-state index < -0.39 is 17.6 Å². The number of imidazole rings is 1. The first kappa shape index (κ1) is 13.9. The van der Waals surface area contributed by atoms with Crippen LogP contribution >= 0.6 is 11.6 Å².